The molecule has 2 aromatic carbocycles. The molecule has 1 fully saturated rings. The summed E-state index contributed by atoms with van der Waals surface area (Å²) in [5.41, 5.74) is 7.16. The molecule has 2 aliphatic carbocycles. The predicted octanol–water partition coefficient (Wildman–Crippen LogP) is 7.26. The number of hydrogen-bond acceptors (Lipinski definition) is 6. The number of allylic oxidation sites excluding steroid dienone is 2. The van der Waals surface area contributed by atoms with Crippen LogP contribution in [0.5, 0.6) is 5.75 Å². The van der Waals surface area contributed by atoms with E-state index in [1.54, 1.807) is 12.3 Å². The van der Waals surface area contributed by atoms with E-state index >= 15 is 0 Å². The molecule has 0 radical (unpaired) electrons. The van der Waals surface area contributed by atoms with Gasteiger partial charge in [0.2, 0.25) is 0 Å². The summed E-state index contributed by atoms with van der Waals surface area (Å²) in [6, 6.07) is 20.2. The molecule has 1 atom stereocenters. The number of methoxy groups -OCH3 is 1. The number of hydrogen-bond donors (Lipinski definition) is 0. The van der Waals surface area contributed by atoms with Crippen molar-refractivity contribution in [3.8, 4) is 22.9 Å². The van der Waals surface area contributed by atoms with Crippen LogP contribution in [0.1, 0.15) is 61.3 Å². The number of carbonyl (C=O) groups excluding carboxylic acids is 1. The van der Waals surface area contributed by atoms with Gasteiger partial charge in [0, 0.05) is 24.1 Å². The zero-order valence-electron chi connectivity index (χ0n) is 23.4. The molecule has 2 heterocycles. The molecule has 212 valence electrons. The fourth-order valence-electron chi connectivity index (χ4n) is 6.07. The van der Waals surface area contributed by atoms with Crippen LogP contribution in [0.25, 0.3) is 22.3 Å². The number of aromatic nitrogens is 3. The average molecular weight is 579 g/mol. The minimum atomic E-state index is -1.27. The molecular formula is C34H31ClN4O3. The van der Waals surface area contributed by atoms with E-state index in [-0.39, 0.29) is 13.0 Å². The summed E-state index contributed by atoms with van der Waals surface area (Å²) >= 11 is 6.69. The van der Waals surface area contributed by atoms with Gasteiger partial charge in [-0.1, -0.05) is 73.9 Å². The molecule has 0 spiro atoms. The summed E-state index contributed by atoms with van der Waals surface area (Å²) in [7, 11) is 1.34. The summed E-state index contributed by atoms with van der Waals surface area (Å²) in [5, 5.41) is 14.1. The number of esters is 1. The maximum absolute atomic E-state index is 12.5. The van der Waals surface area contributed by atoms with E-state index in [0.717, 1.165) is 46.4 Å². The van der Waals surface area contributed by atoms with Crippen LogP contribution in [0, 0.1) is 11.3 Å². The lowest BCUT2D eigenvalue weighted by Gasteiger charge is -2.28. The highest BCUT2D eigenvalue weighted by Gasteiger charge is 2.38. The van der Waals surface area contributed by atoms with Crippen LogP contribution in [-0.2, 0) is 9.53 Å². The van der Waals surface area contributed by atoms with Crippen molar-refractivity contribution in [1.82, 2.24) is 14.6 Å². The van der Waals surface area contributed by atoms with Crippen LogP contribution >= 0.6 is 11.6 Å². The number of fused-ring (bicyclic) bond motifs is 1. The van der Waals surface area contributed by atoms with E-state index in [9.17, 15) is 10.1 Å². The number of ether oxygens (including phenoxy) is 2. The second kappa shape index (κ2) is 11.8. The maximum Gasteiger partial charge on any atom is 0.331 e. The minimum absolute atomic E-state index is 0.268. The van der Waals surface area contributed by atoms with Crippen molar-refractivity contribution in [1.29, 1.82) is 5.26 Å². The zero-order chi connectivity index (χ0) is 29.1. The van der Waals surface area contributed by atoms with Gasteiger partial charge in [0.15, 0.2) is 10.5 Å². The highest BCUT2D eigenvalue weighted by molar-refractivity contribution is 6.36. The molecule has 6 rings (SSSR count). The van der Waals surface area contributed by atoms with Gasteiger partial charge in [-0.3, -0.25) is 0 Å². The number of carbonyl (C=O) groups is 1. The molecule has 42 heavy (non-hydrogen) atoms. The molecule has 1 unspecified atom stereocenters. The Morgan fingerprint density at radius 1 is 1.07 bits per heavy atom. The van der Waals surface area contributed by atoms with Crippen molar-refractivity contribution >= 4 is 28.8 Å². The number of alkyl halides is 1. The van der Waals surface area contributed by atoms with Crippen molar-refractivity contribution in [2.75, 3.05) is 13.7 Å². The molecule has 7 nitrogen and oxygen atoms in total. The van der Waals surface area contributed by atoms with Gasteiger partial charge in [0.05, 0.1) is 19.0 Å². The van der Waals surface area contributed by atoms with E-state index in [1.807, 2.05) is 71.4 Å². The summed E-state index contributed by atoms with van der Waals surface area (Å²) in [5.74, 6) is 0.563. The Morgan fingerprint density at radius 3 is 2.55 bits per heavy atom. The Labute approximate surface area is 250 Å². The smallest absolute Gasteiger partial charge is 0.331 e. The highest BCUT2D eigenvalue weighted by atomic mass is 35.5. The Balaban J connectivity index is 1.29. The van der Waals surface area contributed by atoms with Gasteiger partial charge in [0.1, 0.15) is 24.0 Å². The maximum atomic E-state index is 12.5. The predicted molar refractivity (Wildman–Crippen MR) is 162 cm³/mol. The zero-order valence-corrected chi connectivity index (χ0v) is 24.2. The molecule has 0 saturated heterocycles. The molecule has 0 bridgehead atoms. The average Bonchev–Trinajstić information content (AvgIpc) is 3.47. The van der Waals surface area contributed by atoms with Crippen LogP contribution in [0.3, 0.4) is 0 Å². The van der Waals surface area contributed by atoms with E-state index in [2.05, 4.69) is 16.2 Å². The quantitative estimate of drug-likeness (QED) is 0.169. The van der Waals surface area contributed by atoms with Gasteiger partial charge >= 0.3 is 5.97 Å². The van der Waals surface area contributed by atoms with E-state index in [0.29, 0.717) is 22.9 Å². The largest absolute Gasteiger partial charge is 0.489 e. The normalized spacial score (nSPS) is 19.1. The lowest BCUT2D eigenvalue weighted by Crippen LogP contribution is -2.34. The first kappa shape index (κ1) is 27.7. The van der Waals surface area contributed by atoms with Crippen molar-refractivity contribution in [2.24, 2.45) is 0 Å². The number of nitrogens with zero attached hydrogens (tertiary/aromatic N) is 4. The fraction of sp³-hybridized carbons (Fsp3) is 0.294. The third kappa shape index (κ3) is 5.31. The van der Waals surface area contributed by atoms with Crippen LogP contribution in [0.15, 0.2) is 84.7 Å². The first-order chi connectivity index (χ1) is 20.5. The number of rotatable bonds is 7. The van der Waals surface area contributed by atoms with Gasteiger partial charge in [-0.25, -0.2) is 14.3 Å². The topological polar surface area (TPSA) is 89.5 Å². The fourth-order valence-corrected chi connectivity index (χ4v) is 6.38. The SMILES string of the molecule is COC(=O)C1(Cl)C=CC(c2ccccc2)=C(COc2ccc(-c3cnc4c(C#N)cnn4c3C3CCCCC3)cc2)C1. The van der Waals surface area contributed by atoms with E-state index in [4.69, 9.17) is 21.1 Å². The minimum Gasteiger partial charge on any atom is -0.489 e. The second-order valence-corrected chi connectivity index (χ2v) is 11.5. The standard InChI is InChI=1S/C34H31ClN4O3/c1-41-33(40)34(35)17-16-29(23-8-4-2-5-9-23)26(18-34)22-42-28-14-12-24(13-15-28)30-21-37-32-27(19-36)20-38-39(32)31(30)25-10-6-3-7-11-25/h2,4-5,8-9,12-17,20-21,25H,3,6-7,10-11,18,22H2,1H3. The highest BCUT2D eigenvalue weighted by Crippen LogP contribution is 2.40. The molecule has 8 heteroatoms. The molecule has 0 amide bonds. The summed E-state index contributed by atoms with van der Waals surface area (Å²) in [4.78, 5) is 15.8. The summed E-state index contributed by atoms with van der Waals surface area (Å²) in [6.45, 7) is 0.268. The Bertz CT molecular complexity index is 1710. The first-order valence-electron chi connectivity index (χ1n) is 14.2. The van der Waals surface area contributed by atoms with Crippen molar-refractivity contribution < 1.29 is 14.3 Å². The number of halogens is 1. The monoisotopic (exact) mass is 578 g/mol. The summed E-state index contributed by atoms with van der Waals surface area (Å²) < 4.78 is 13.1. The molecule has 2 aromatic heterocycles. The van der Waals surface area contributed by atoms with Gasteiger partial charge < -0.3 is 9.47 Å². The van der Waals surface area contributed by atoms with Crippen molar-refractivity contribution in [3.05, 3.63) is 102 Å². The van der Waals surface area contributed by atoms with Crippen LogP contribution in [0.2, 0.25) is 0 Å². The second-order valence-electron chi connectivity index (χ2n) is 10.9. The van der Waals surface area contributed by atoms with Gasteiger partial charge in [0.25, 0.3) is 0 Å². The van der Waals surface area contributed by atoms with Crippen LogP contribution < -0.4 is 4.74 Å². The van der Waals surface area contributed by atoms with Gasteiger partial charge in [-0.2, -0.15) is 10.4 Å². The Kier molecular flexibility index (Phi) is 7.82. The van der Waals surface area contributed by atoms with Gasteiger partial charge in [-0.05, 0) is 47.2 Å². The number of nitriles is 1. The van der Waals surface area contributed by atoms with Crippen LogP contribution in [-0.4, -0.2) is 39.2 Å². The Hall–Kier alpha value is -4.41. The molecular weight excluding hydrogens is 548 g/mol. The summed E-state index contributed by atoms with van der Waals surface area (Å²) in [6.07, 6.45) is 13.1. The molecule has 0 N–H and O–H groups in total. The molecule has 1 saturated carbocycles. The Morgan fingerprint density at radius 2 is 1.83 bits per heavy atom. The molecule has 2 aliphatic rings. The lowest BCUT2D eigenvalue weighted by molar-refractivity contribution is -0.142. The van der Waals surface area contributed by atoms with Gasteiger partial charge in [-0.15, -0.1) is 11.6 Å². The molecule has 0 aliphatic heterocycles. The molecule has 4 aromatic rings. The van der Waals surface area contributed by atoms with E-state index in [1.165, 1.54) is 26.4 Å². The first-order valence-corrected chi connectivity index (χ1v) is 14.6. The number of benzene rings is 2. The van der Waals surface area contributed by atoms with E-state index < -0.39 is 10.8 Å². The van der Waals surface area contributed by atoms with Crippen LogP contribution in [0.4, 0.5) is 0 Å². The van der Waals surface area contributed by atoms with Crippen molar-refractivity contribution in [2.45, 2.75) is 49.3 Å². The third-order valence-corrected chi connectivity index (χ3v) is 8.64. The van der Waals surface area contributed by atoms with Crippen molar-refractivity contribution in [3.63, 3.8) is 0 Å². The third-order valence-electron chi connectivity index (χ3n) is 8.23. The lowest BCUT2D eigenvalue weighted by atomic mass is 9.84.